The first-order valence-electron chi connectivity index (χ1n) is 8.33. The number of amides is 2. The first-order chi connectivity index (χ1) is 10.1. The Labute approximate surface area is 127 Å². The summed E-state index contributed by atoms with van der Waals surface area (Å²) < 4.78 is 0. The minimum atomic E-state index is -0.788. The summed E-state index contributed by atoms with van der Waals surface area (Å²) in [6.45, 7) is 4.05. The SMILES string of the molecule is CC1CCCCC1CCNC(=O)N1CCCC(C(=O)O)C1. The molecule has 1 saturated carbocycles. The average Bonchev–Trinajstić information content (AvgIpc) is 2.49. The van der Waals surface area contributed by atoms with Crippen LogP contribution < -0.4 is 5.32 Å². The summed E-state index contributed by atoms with van der Waals surface area (Å²) in [6.07, 6.45) is 7.75. The fraction of sp³-hybridized carbons (Fsp3) is 0.875. The average molecular weight is 296 g/mol. The third-order valence-electron chi connectivity index (χ3n) is 5.14. The number of urea groups is 1. The number of hydrogen-bond donors (Lipinski definition) is 2. The van der Waals surface area contributed by atoms with Gasteiger partial charge in [-0.25, -0.2) is 4.79 Å². The van der Waals surface area contributed by atoms with Gasteiger partial charge in [-0.1, -0.05) is 32.6 Å². The standard InChI is InChI=1S/C16H28N2O3/c1-12-5-2-3-6-13(12)8-9-17-16(21)18-10-4-7-14(11-18)15(19)20/h12-14H,2-11H2,1H3,(H,17,21)(H,19,20). The summed E-state index contributed by atoms with van der Waals surface area (Å²) in [7, 11) is 0. The molecule has 2 N–H and O–H groups in total. The predicted molar refractivity (Wildman–Crippen MR) is 81.1 cm³/mol. The summed E-state index contributed by atoms with van der Waals surface area (Å²) in [4.78, 5) is 24.8. The quantitative estimate of drug-likeness (QED) is 0.838. The molecule has 3 unspecified atom stereocenters. The molecule has 0 bridgehead atoms. The van der Waals surface area contributed by atoms with Crippen LogP contribution in [0, 0.1) is 17.8 Å². The van der Waals surface area contributed by atoms with Crippen LogP contribution in [-0.2, 0) is 4.79 Å². The normalized spacial score (nSPS) is 30.0. The molecule has 2 rings (SSSR count). The maximum absolute atomic E-state index is 12.1. The Morgan fingerprint density at radius 3 is 2.67 bits per heavy atom. The molecule has 2 fully saturated rings. The first-order valence-corrected chi connectivity index (χ1v) is 8.33. The number of carbonyl (C=O) groups excluding carboxylic acids is 1. The van der Waals surface area contributed by atoms with Crippen LogP contribution in [0.1, 0.15) is 51.9 Å². The number of nitrogens with one attached hydrogen (secondary N) is 1. The number of likely N-dealkylation sites (tertiary alicyclic amines) is 1. The summed E-state index contributed by atoms with van der Waals surface area (Å²) in [6, 6.07) is -0.0931. The van der Waals surface area contributed by atoms with Crippen molar-refractivity contribution in [2.24, 2.45) is 17.8 Å². The molecule has 0 spiro atoms. The van der Waals surface area contributed by atoms with Gasteiger partial charge < -0.3 is 15.3 Å². The Morgan fingerprint density at radius 1 is 1.19 bits per heavy atom. The monoisotopic (exact) mass is 296 g/mol. The molecule has 1 heterocycles. The van der Waals surface area contributed by atoms with Crippen molar-refractivity contribution in [2.45, 2.75) is 51.9 Å². The first kappa shape index (κ1) is 16.1. The van der Waals surface area contributed by atoms with Crippen molar-refractivity contribution in [2.75, 3.05) is 19.6 Å². The van der Waals surface area contributed by atoms with Gasteiger partial charge in [-0.2, -0.15) is 0 Å². The molecule has 120 valence electrons. The van der Waals surface area contributed by atoms with Crippen LogP contribution in [0.25, 0.3) is 0 Å². The fourth-order valence-electron chi connectivity index (χ4n) is 3.66. The van der Waals surface area contributed by atoms with E-state index < -0.39 is 11.9 Å². The largest absolute Gasteiger partial charge is 0.481 e. The van der Waals surface area contributed by atoms with E-state index in [2.05, 4.69) is 12.2 Å². The highest BCUT2D eigenvalue weighted by Crippen LogP contribution is 2.31. The van der Waals surface area contributed by atoms with Gasteiger partial charge in [0.25, 0.3) is 0 Å². The minimum absolute atomic E-state index is 0.0931. The third-order valence-corrected chi connectivity index (χ3v) is 5.14. The fourth-order valence-corrected chi connectivity index (χ4v) is 3.66. The van der Waals surface area contributed by atoms with E-state index >= 15 is 0 Å². The van der Waals surface area contributed by atoms with Crippen LogP contribution in [-0.4, -0.2) is 41.6 Å². The zero-order valence-corrected chi connectivity index (χ0v) is 13.0. The Kier molecular flexibility index (Phi) is 5.88. The summed E-state index contributed by atoms with van der Waals surface area (Å²) >= 11 is 0. The summed E-state index contributed by atoms with van der Waals surface area (Å²) in [5.74, 6) is 0.306. The molecule has 21 heavy (non-hydrogen) atoms. The van der Waals surface area contributed by atoms with Gasteiger partial charge in [0.1, 0.15) is 0 Å². The lowest BCUT2D eigenvalue weighted by Crippen LogP contribution is -2.47. The van der Waals surface area contributed by atoms with Crippen LogP contribution >= 0.6 is 0 Å². The van der Waals surface area contributed by atoms with E-state index in [0.717, 1.165) is 24.7 Å². The number of aliphatic carboxylic acids is 1. The van der Waals surface area contributed by atoms with Crippen LogP contribution in [0.2, 0.25) is 0 Å². The second kappa shape index (κ2) is 7.66. The number of carboxylic acid groups (broad SMARTS) is 1. The molecule has 0 radical (unpaired) electrons. The Bertz CT molecular complexity index is 373. The van der Waals surface area contributed by atoms with Crippen molar-refractivity contribution < 1.29 is 14.7 Å². The van der Waals surface area contributed by atoms with Crippen molar-refractivity contribution in [1.82, 2.24) is 10.2 Å². The van der Waals surface area contributed by atoms with E-state index in [1.54, 1.807) is 4.90 Å². The Morgan fingerprint density at radius 2 is 1.95 bits per heavy atom. The molecule has 5 nitrogen and oxygen atoms in total. The van der Waals surface area contributed by atoms with Crippen LogP contribution in [0.5, 0.6) is 0 Å². The van der Waals surface area contributed by atoms with E-state index in [9.17, 15) is 9.59 Å². The van der Waals surface area contributed by atoms with Gasteiger partial charge in [-0.15, -0.1) is 0 Å². The molecule has 1 saturated heterocycles. The van der Waals surface area contributed by atoms with Gasteiger partial charge in [-0.05, 0) is 31.1 Å². The van der Waals surface area contributed by atoms with Gasteiger partial charge in [0.05, 0.1) is 5.92 Å². The van der Waals surface area contributed by atoms with Gasteiger partial charge in [0, 0.05) is 19.6 Å². The van der Waals surface area contributed by atoms with Gasteiger partial charge in [0.15, 0.2) is 0 Å². The van der Waals surface area contributed by atoms with Crippen molar-refractivity contribution >= 4 is 12.0 Å². The van der Waals surface area contributed by atoms with Crippen molar-refractivity contribution in [3.63, 3.8) is 0 Å². The highest BCUT2D eigenvalue weighted by Gasteiger charge is 2.28. The minimum Gasteiger partial charge on any atom is -0.481 e. The maximum atomic E-state index is 12.1. The second-order valence-electron chi connectivity index (χ2n) is 6.67. The van der Waals surface area contributed by atoms with E-state index in [4.69, 9.17) is 5.11 Å². The van der Waals surface area contributed by atoms with Crippen LogP contribution in [0.3, 0.4) is 0 Å². The zero-order chi connectivity index (χ0) is 15.2. The maximum Gasteiger partial charge on any atom is 0.317 e. The second-order valence-corrected chi connectivity index (χ2v) is 6.67. The highest BCUT2D eigenvalue weighted by molar-refractivity contribution is 5.76. The van der Waals surface area contributed by atoms with Crippen molar-refractivity contribution in [3.8, 4) is 0 Å². The van der Waals surface area contributed by atoms with Crippen molar-refractivity contribution in [1.29, 1.82) is 0 Å². The summed E-state index contributed by atoms with van der Waals surface area (Å²) in [5.41, 5.74) is 0. The molecule has 1 aliphatic heterocycles. The lowest BCUT2D eigenvalue weighted by Gasteiger charge is -2.32. The smallest absolute Gasteiger partial charge is 0.317 e. The molecular formula is C16H28N2O3. The molecule has 3 atom stereocenters. The lowest BCUT2D eigenvalue weighted by molar-refractivity contribution is -0.143. The van der Waals surface area contributed by atoms with E-state index in [0.29, 0.717) is 26.1 Å². The Hall–Kier alpha value is -1.26. The molecular weight excluding hydrogens is 268 g/mol. The number of rotatable bonds is 4. The molecule has 5 heteroatoms. The van der Waals surface area contributed by atoms with Gasteiger partial charge in [0.2, 0.25) is 0 Å². The number of hydrogen-bond acceptors (Lipinski definition) is 2. The predicted octanol–water partition coefficient (Wildman–Crippen LogP) is 2.71. The molecule has 0 aromatic carbocycles. The topological polar surface area (TPSA) is 69.6 Å². The Balaban J connectivity index is 1.70. The van der Waals surface area contributed by atoms with E-state index in [1.165, 1.54) is 25.7 Å². The van der Waals surface area contributed by atoms with Gasteiger partial charge in [-0.3, -0.25) is 4.79 Å². The number of carbonyl (C=O) groups is 2. The molecule has 1 aliphatic carbocycles. The van der Waals surface area contributed by atoms with Crippen LogP contribution in [0.4, 0.5) is 4.79 Å². The third kappa shape index (κ3) is 4.61. The number of carboxylic acids is 1. The van der Waals surface area contributed by atoms with Gasteiger partial charge >= 0.3 is 12.0 Å². The van der Waals surface area contributed by atoms with Crippen LogP contribution in [0.15, 0.2) is 0 Å². The molecule has 0 aromatic heterocycles. The lowest BCUT2D eigenvalue weighted by atomic mass is 9.79. The zero-order valence-electron chi connectivity index (χ0n) is 13.0. The molecule has 2 aliphatic rings. The molecule has 2 amide bonds. The van der Waals surface area contributed by atoms with E-state index in [-0.39, 0.29) is 6.03 Å². The number of piperidine rings is 1. The van der Waals surface area contributed by atoms with E-state index in [1.807, 2.05) is 0 Å². The highest BCUT2D eigenvalue weighted by atomic mass is 16.4. The molecule has 0 aromatic rings. The number of nitrogens with zero attached hydrogens (tertiary/aromatic N) is 1. The van der Waals surface area contributed by atoms with Crippen molar-refractivity contribution in [3.05, 3.63) is 0 Å². The summed E-state index contributed by atoms with van der Waals surface area (Å²) in [5, 5.41) is 12.0.